The first-order valence-corrected chi connectivity index (χ1v) is 8.42. The predicted molar refractivity (Wildman–Crippen MR) is 91.1 cm³/mol. The van der Waals surface area contributed by atoms with Gasteiger partial charge in [0.05, 0.1) is 0 Å². The Morgan fingerprint density at radius 3 is 2.38 bits per heavy atom. The summed E-state index contributed by atoms with van der Waals surface area (Å²) in [6.45, 7) is 7.79. The van der Waals surface area contributed by atoms with E-state index in [0.29, 0.717) is 38.3 Å². The van der Waals surface area contributed by atoms with E-state index in [1.807, 2.05) is 43.0 Å². The summed E-state index contributed by atoms with van der Waals surface area (Å²) in [5.41, 5.74) is 0.995. The van der Waals surface area contributed by atoms with E-state index in [2.05, 4.69) is 0 Å². The van der Waals surface area contributed by atoms with Crippen molar-refractivity contribution < 1.29 is 19.4 Å². The summed E-state index contributed by atoms with van der Waals surface area (Å²) in [6.07, 6.45) is 0.00916. The second-order valence-corrected chi connectivity index (χ2v) is 6.15. The fourth-order valence-corrected chi connectivity index (χ4v) is 3.03. The summed E-state index contributed by atoms with van der Waals surface area (Å²) in [6, 6.07) is 7.15. The number of hydrogen-bond donors (Lipinski definition) is 1. The van der Waals surface area contributed by atoms with Crippen LogP contribution in [-0.4, -0.2) is 65.1 Å². The molecule has 2 rings (SSSR count). The van der Waals surface area contributed by atoms with Gasteiger partial charge in [0.25, 0.3) is 5.91 Å². The predicted octanol–water partition coefficient (Wildman–Crippen LogP) is 1.77. The van der Waals surface area contributed by atoms with Crippen LogP contribution in [-0.2, 0) is 9.59 Å². The van der Waals surface area contributed by atoms with Crippen molar-refractivity contribution in [3.05, 3.63) is 29.8 Å². The van der Waals surface area contributed by atoms with Crippen molar-refractivity contribution in [2.75, 3.05) is 26.2 Å². The van der Waals surface area contributed by atoms with E-state index in [1.165, 1.54) is 0 Å². The number of piperazine rings is 1. The second-order valence-electron chi connectivity index (χ2n) is 6.15. The SMILES string of the molecule is CCC(C(=O)O)N1CCN(C(=O)C(C)Oc2ccccc2C)CC1. The number of carbonyl (C=O) groups excluding carboxylic acids is 1. The van der Waals surface area contributed by atoms with E-state index in [9.17, 15) is 14.7 Å². The van der Waals surface area contributed by atoms with E-state index < -0.39 is 18.1 Å². The van der Waals surface area contributed by atoms with Crippen molar-refractivity contribution in [2.45, 2.75) is 39.3 Å². The molecule has 1 aromatic rings. The van der Waals surface area contributed by atoms with Gasteiger partial charge in [-0.3, -0.25) is 14.5 Å². The summed E-state index contributed by atoms with van der Waals surface area (Å²) in [5, 5.41) is 9.24. The second kappa shape index (κ2) is 8.15. The zero-order valence-corrected chi connectivity index (χ0v) is 14.6. The van der Waals surface area contributed by atoms with Crippen molar-refractivity contribution >= 4 is 11.9 Å². The van der Waals surface area contributed by atoms with Gasteiger partial charge in [-0.15, -0.1) is 0 Å². The van der Waals surface area contributed by atoms with Gasteiger partial charge in [-0.25, -0.2) is 0 Å². The number of para-hydroxylation sites is 1. The molecule has 0 aliphatic carbocycles. The number of ether oxygens (including phenoxy) is 1. The van der Waals surface area contributed by atoms with Crippen molar-refractivity contribution in [3.8, 4) is 5.75 Å². The number of carbonyl (C=O) groups is 2. The molecule has 0 spiro atoms. The number of hydrogen-bond acceptors (Lipinski definition) is 4. The van der Waals surface area contributed by atoms with Crippen LogP contribution in [0.4, 0.5) is 0 Å². The standard InChI is InChI=1S/C18H26N2O4/c1-4-15(18(22)23)19-9-11-20(12-10-19)17(21)14(3)24-16-8-6-5-7-13(16)2/h5-8,14-15H,4,9-12H2,1-3H3,(H,22,23). The fourth-order valence-electron chi connectivity index (χ4n) is 3.03. The molecule has 6 heteroatoms. The quantitative estimate of drug-likeness (QED) is 0.858. The number of benzene rings is 1. The molecule has 0 saturated carbocycles. The zero-order valence-electron chi connectivity index (χ0n) is 14.6. The van der Waals surface area contributed by atoms with Crippen molar-refractivity contribution in [1.29, 1.82) is 0 Å². The Kier molecular flexibility index (Phi) is 6.20. The highest BCUT2D eigenvalue weighted by atomic mass is 16.5. The lowest BCUT2D eigenvalue weighted by Crippen LogP contribution is -2.55. The van der Waals surface area contributed by atoms with Gasteiger partial charge in [-0.1, -0.05) is 25.1 Å². The van der Waals surface area contributed by atoms with Crippen LogP contribution in [0.5, 0.6) is 5.75 Å². The Balaban J connectivity index is 1.90. The van der Waals surface area contributed by atoms with Gasteiger partial charge in [-0.05, 0) is 31.9 Å². The van der Waals surface area contributed by atoms with Gasteiger partial charge in [0.15, 0.2) is 6.10 Å². The highest BCUT2D eigenvalue weighted by molar-refractivity contribution is 5.81. The van der Waals surface area contributed by atoms with Crippen LogP contribution < -0.4 is 4.74 Å². The van der Waals surface area contributed by atoms with Crippen LogP contribution in [0.2, 0.25) is 0 Å². The van der Waals surface area contributed by atoms with E-state index >= 15 is 0 Å². The summed E-state index contributed by atoms with van der Waals surface area (Å²) >= 11 is 0. The lowest BCUT2D eigenvalue weighted by Gasteiger charge is -2.38. The summed E-state index contributed by atoms with van der Waals surface area (Å²) in [7, 11) is 0. The molecule has 1 aromatic carbocycles. The molecule has 2 unspecified atom stereocenters. The minimum absolute atomic E-state index is 0.0544. The van der Waals surface area contributed by atoms with Gasteiger partial charge in [-0.2, -0.15) is 0 Å². The number of aliphatic carboxylic acids is 1. The van der Waals surface area contributed by atoms with E-state index in [-0.39, 0.29) is 5.91 Å². The number of rotatable bonds is 6. The minimum atomic E-state index is -0.798. The molecule has 1 aliphatic heterocycles. The number of carboxylic acid groups (broad SMARTS) is 1. The van der Waals surface area contributed by atoms with Crippen LogP contribution in [0.1, 0.15) is 25.8 Å². The number of nitrogens with zero attached hydrogens (tertiary/aromatic N) is 2. The topological polar surface area (TPSA) is 70.1 Å². The molecule has 1 heterocycles. The Morgan fingerprint density at radius 2 is 1.83 bits per heavy atom. The molecule has 0 radical (unpaired) electrons. The largest absolute Gasteiger partial charge is 0.481 e. The molecular weight excluding hydrogens is 308 g/mol. The maximum atomic E-state index is 12.6. The highest BCUT2D eigenvalue weighted by Gasteiger charge is 2.31. The number of carboxylic acids is 1. The third-order valence-electron chi connectivity index (χ3n) is 4.48. The van der Waals surface area contributed by atoms with E-state index in [4.69, 9.17) is 4.74 Å². The van der Waals surface area contributed by atoms with Crippen molar-refractivity contribution in [1.82, 2.24) is 9.80 Å². The van der Waals surface area contributed by atoms with Crippen molar-refractivity contribution in [2.24, 2.45) is 0 Å². The first kappa shape index (κ1) is 18.3. The maximum absolute atomic E-state index is 12.6. The molecule has 1 fully saturated rings. The van der Waals surface area contributed by atoms with E-state index in [1.54, 1.807) is 11.8 Å². The minimum Gasteiger partial charge on any atom is -0.481 e. The maximum Gasteiger partial charge on any atom is 0.320 e. The van der Waals surface area contributed by atoms with Crippen molar-refractivity contribution in [3.63, 3.8) is 0 Å². The summed E-state index contributed by atoms with van der Waals surface area (Å²) < 4.78 is 5.79. The molecule has 132 valence electrons. The highest BCUT2D eigenvalue weighted by Crippen LogP contribution is 2.19. The van der Waals surface area contributed by atoms with Gasteiger partial charge in [0.1, 0.15) is 11.8 Å². The molecule has 2 atom stereocenters. The molecule has 1 N–H and O–H groups in total. The molecule has 0 bridgehead atoms. The average Bonchev–Trinajstić information content (AvgIpc) is 2.57. The normalized spacial score (nSPS) is 18.0. The van der Waals surface area contributed by atoms with Crippen LogP contribution in [0, 0.1) is 6.92 Å². The first-order chi connectivity index (χ1) is 11.4. The lowest BCUT2D eigenvalue weighted by atomic mass is 10.1. The molecule has 6 nitrogen and oxygen atoms in total. The van der Waals surface area contributed by atoms with Crippen LogP contribution in [0.15, 0.2) is 24.3 Å². The molecule has 0 aromatic heterocycles. The van der Waals surface area contributed by atoms with E-state index in [0.717, 1.165) is 5.56 Å². The van der Waals surface area contributed by atoms with Crippen LogP contribution in [0.25, 0.3) is 0 Å². The Morgan fingerprint density at radius 1 is 1.21 bits per heavy atom. The number of aryl methyl sites for hydroxylation is 1. The zero-order chi connectivity index (χ0) is 17.7. The van der Waals surface area contributed by atoms with Crippen LogP contribution >= 0.6 is 0 Å². The molecule has 1 amide bonds. The van der Waals surface area contributed by atoms with Gasteiger partial charge in [0.2, 0.25) is 0 Å². The summed E-state index contributed by atoms with van der Waals surface area (Å²) in [5.74, 6) is -0.135. The monoisotopic (exact) mass is 334 g/mol. The Labute approximate surface area is 143 Å². The smallest absolute Gasteiger partial charge is 0.320 e. The molecule has 1 aliphatic rings. The Hall–Kier alpha value is -2.08. The lowest BCUT2D eigenvalue weighted by molar-refractivity contribution is -0.146. The van der Waals surface area contributed by atoms with Gasteiger partial charge >= 0.3 is 5.97 Å². The van der Waals surface area contributed by atoms with Gasteiger partial charge < -0.3 is 14.7 Å². The number of amides is 1. The third-order valence-corrected chi connectivity index (χ3v) is 4.48. The van der Waals surface area contributed by atoms with Gasteiger partial charge in [0, 0.05) is 26.2 Å². The third kappa shape index (κ3) is 4.26. The molecule has 1 saturated heterocycles. The fraction of sp³-hybridized carbons (Fsp3) is 0.556. The first-order valence-electron chi connectivity index (χ1n) is 8.42. The Bertz CT molecular complexity index is 582. The van der Waals surface area contributed by atoms with Crippen LogP contribution in [0.3, 0.4) is 0 Å². The molecular formula is C18H26N2O4. The average molecular weight is 334 g/mol. The molecule has 24 heavy (non-hydrogen) atoms. The summed E-state index contributed by atoms with van der Waals surface area (Å²) in [4.78, 5) is 27.5.